The minimum Gasteiger partial charge on any atom is -0.339 e. The van der Waals surface area contributed by atoms with Crippen LogP contribution < -0.4 is 0 Å². The quantitative estimate of drug-likeness (QED) is 0.454. The maximum Gasteiger partial charge on any atom is 0.226 e. The smallest absolute Gasteiger partial charge is 0.226 e. The molecule has 0 atom stereocenters. The first-order valence-corrected chi connectivity index (χ1v) is 8.83. The molecule has 0 bridgehead atoms. The summed E-state index contributed by atoms with van der Waals surface area (Å²) in [6.45, 7) is 5.12. The van der Waals surface area contributed by atoms with E-state index in [0.717, 1.165) is 35.9 Å². The van der Waals surface area contributed by atoms with E-state index in [1.54, 1.807) is 24.2 Å². The van der Waals surface area contributed by atoms with Crippen LogP contribution in [-0.4, -0.2) is 41.1 Å². The molecule has 3 rings (SSSR count). The number of thioether (sulfide) groups is 1. The fraction of sp³-hybridized carbons (Fsp3) is 0.467. The number of tetrazole rings is 1. The SMILES string of the molecule is CC(C)Cn1nnnc1SCCCc1nc(-c2ccncc2)no1. The molecule has 9 heteroatoms. The zero-order valence-corrected chi connectivity index (χ0v) is 14.5. The van der Waals surface area contributed by atoms with Crippen LogP contribution in [0.15, 0.2) is 34.2 Å². The van der Waals surface area contributed by atoms with Crippen molar-refractivity contribution in [2.75, 3.05) is 5.75 Å². The third kappa shape index (κ3) is 4.38. The third-order valence-corrected chi connectivity index (χ3v) is 4.25. The van der Waals surface area contributed by atoms with Crippen molar-refractivity contribution in [3.8, 4) is 11.4 Å². The first-order valence-electron chi connectivity index (χ1n) is 7.84. The lowest BCUT2D eigenvalue weighted by Gasteiger charge is -2.05. The van der Waals surface area contributed by atoms with Crippen molar-refractivity contribution >= 4 is 11.8 Å². The molecule has 0 saturated heterocycles. The van der Waals surface area contributed by atoms with Crippen LogP contribution in [0.2, 0.25) is 0 Å². The van der Waals surface area contributed by atoms with Gasteiger partial charge in [-0.05, 0) is 34.9 Å². The van der Waals surface area contributed by atoms with Gasteiger partial charge in [-0.15, -0.1) is 5.10 Å². The molecule has 3 aromatic rings. The van der Waals surface area contributed by atoms with Gasteiger partial charge in [-0.25, -0.2) is 4.68 Å². The number of hydrogen-bond donors (Lipinski definition) is 0. The highest BCUT2D eigenvalue weighted by Gasteiger charge is 2.10. The van der Waals surface area contributed by atoms with Crippen LogP contribution >= 0.6 is 11.8 Å². The molecule has 0 aliphatic heterocycles. The number of aromatic nitrogens is 7. The summed E-state index contributed by atoms with van der Waals surface area (Å²) < 4.78 is 7.15. The van der Waals surface area contributed by atoms with Crippen molar-refractivity contribution in [2.24, 2.45) is 5.92 Å². The van der Waals surface area contributed by atoms with Gasteiger partial charge in [-0.3, -0.25) is 4.98 Å². The van der Waals surface area contributed by atoms with Gasteiger partial charge in [0.2, 0.25) is 16.9 Å². The Labute approximate surface area is 144 Å². The summed E-state index contributed by atoms with van der Waals surface area (Å²) in [4.78, 5) is 8.39. The van der Waals surface area contributed by atoms with Gasteiger partial charge in [-0.2, -0.15) is 4.98 Å². The molecule has 3 heterocycles. The lowest BCUT2D eigenvalue weighted by atomic mass is 10.2. The minimum atomic E-state index is 0.512. The van der Waals surface area contributed by atoms with Gasteiger partial charge in [0.25, 0.3) is 0 Å². The van der Waals surface area contributed by atoms with E-state index in [1.807, 2.05) is 16.8 Å². The zero-order chi connectivity index (χ0) is 16.8. The van der Waals surface area contributed by atoms with Crippen LogP contribution in [0, 0.1) is 5.92 Å². The number of hydrogen-bond acceptors (Lipinski definition) is 8. The topological polar surface area (TPSA) is 95.4 Å². The standard InChI is InChI=1S/C15H19N7OS/c1-11(2)10-22-15(18-20-21-22)24-9-3-4-13-17-14(19-23-13)12-5-7-16-8-6-12/h5-8,11H,3-4,9-10H2,1-2H3. The van der Waals surface area contributed by atoms with Crippen LogP contribution in [0.5, 0.6) is 0 Å². The summed E-state index contributed by atoms with van der Waals surface area (Å²) >= 11 is 1.65. The normalized spacial score (nSPS) is 11.3. The Morgan fingerprint density at radius 1 is 1.25 bits per heavy atom. The van der Waals surface area contributed by atoms with Crippen molar-refractivity contribution in [3.63, 3.8) is 0 Å². The molecular formula is C15H19N7OS. The minimum absolute atomic E-state index is 0.512. The Morgan fingerprint density at radius 2 is 2.08 bits per heavy atom. The van der Waals surface area contributed by atoms with Gasteiger partial charge >= 0.3 is 0 Å². The molecule has 0 N–H and O–H groups in total. The molecule has 24 heavy (non-hydrogen) atoms. The predicted molar refractivity (Wildman–Crippen MR) is 89.2 cm³/mol. The maximum atomic E-state index is 5.30. The Morgan fingerprint density at radius 3 is 2.88 bits per heavy atom. The third-order valence-electron chi connectivity index (χ3n) is 3.21. The van der Waals surface area contributed by atoms with Gasteiger partial charge in [0.05, 0.1) is 0 Å². The van der Waals surface area contributed by atoms with E-state index in [0.29, 0.717) is 17.6 Å². The fourth-order valence-electron chi connectivity index (χ4n) is 2.12. The molecule has 0 aliphatic carbocycles. The monoisotopic (exact) mass is 345 g/mol. The zero-order valence-electron chi connectivity index (χ0n) is 13.7. The van der Waals surface area contributed by atoms with Crippen LogP contribution in [0.4, 0.5) is 0 Å². The number of rotatable bonds is 8. The molecule has 0 radical (unpaired) electrons. The van der Waals surface area contributed by atoms with Crippen molar-refractivity contribution in [1.29, 1.82) is 0 Å². The van der Waals surface area contributed by atoms with E-state index in [2.05, 4.69) is 44.5 Å². The Bertz CT molecular complexity index is 756. The summed E-state index contributed by atoms with van der Waals surface area (Å²) in [7, 11) is 0. The average molecular weight is 345 g/mol. The van der Waals surface area contributed by atoms with Crippen molar-refractivity contribution < 1.29 is 4.52 Å². The highest BCUT2D eigenvalue weighted by atomic mass is 32.2. The average Bonchev–Trinajstić information content (AvgIpc) is 3.22. The maximum absolute atomic E-state index is 5.30. The summed E-state index contributed by atoms with van der Waals surface area (Å²) in [6, 6.07) is 3.72. The highest BCUT2D eigenvalue weighted by Crippen LogP contribution is 2.18. The van der Waals surface area contributed by atoms with Gasteiger partial charge in [0, 0.05) is 36.7 Å². The molecular weight excluding hydrogens is 326 g/mol. The molecule has 0 unspecified atom stereocenters. The second-order valence-electron chi connectivity index (χ2n) is 5.74. The van der Waals surface area contributed by atoms with Crippen molar-refractivity contribution in [1.82, 2.24) is 35.3 Å². The first-order chi connectivity index (χ1) is 11.7. The highest BCUT2D eigenvalue weighted by molar-refractivity contribution is 7.99. The summed E-state index contributed by atoms with van der Waals surface area (Å²) in [5.41, 5.74) is 0.905. The Kier molecular flexibility index (Phi) is 5.52. The lowest BCUT2D eigenvalue weighted by Crippen LogP contribution is -2.07. The lowest BCUT2D eigenvalue weighted by molar-refractivity contribution is 0.378. The van der Waals surface area contributed by atoms with E-state index in [-0.39, 0.29) is 0 Å². The molecule has 0 spiro atoms. The summed E-state index contributed by atoms with van der Waals surface area (Å²) in [5.74, 6) is 2.65. The van der Waals surface area contributed by atoms with Gasteiger partial charge < -0.3 is 4.52 Å². The Balaban J connectivity index is 1.48. The Hall–Kier alpha value is -2.29. The van der Waals surface area contributed by atoms with E-state index in [4.69, 9.17) is 4.52 Å². The summed E-state index contributed by atoms with van der Waals surface area (Å²) in [5, 5.41) is 16.7. The van der Waals surface area contributed by atoms with E-state index < -0.39 is 0 Å². The van der Waals surface area contributed by atoms with E-state index in [9.17, 15) is 0 Å². The summed E-state index contributed by atoms with van der Waals surface area (Å²) in [6.07, 6.45) is 5.07. The van der Waals surface area contributed by atoms with Crippen LogP contribution in [-0.2, 0) is 13.0 Å². The van der Waals surface area contributed by atoms with E-state index >= 15 is 0 Å². The van der Waals surface area contributed by atoms with Gasteiger partial charge in [0.1, 0.15) is 0 Å². The van der Waals surface area contributed by atoms with Gasteiger partial charge in [-0.1, -0.05) is 30.8 Å². The second kappa shape index (κ2) is 8.00. The molecule has 8 nitrogen and oxygen atoms in total. The second-order valence-corrected chi connectivity index (χ2v) is 6.80. The predicted octanol–water partition coefficient (Wildman–Crippen LogP) is 2.50. The molecule has 126 valence electrons. The molecule has 0 fully saturated rings. The van der Waals surface area contributed by atoms with E-state index in [1.165, 1.54) is 0 Å². The molecule has 0 aromatic carbocycles. The number of aryl methyl sites for hydroxylation is 1. The first kappa shape index (κ1) is 16.6. The van der Waals surface area contributed by atoms with Crippen molar-refractivity contribution in [2.45, 2.75) is 38.4 Å². The molecule has 0 saturated carbocycles. The van der Waals surface area contributed by atoms with Crippen LogP contribution in [0.25, 0.3) is 11.4 Å². The molecule has 3 aromatic heterocycles. The fourth-order valence-corrected chi connectivity index (χ4v) is 2.95. The van der Waals surface area contributed by atoms with Crippen LogP contribution in [0.1, 0.15) is 26.2 Å². The van der Waals surface area contributed by atoms with Crippen molar-refractivity contribution in [3.05, 3.63) is 30.4 Å². The molecule has 0 amide bonds. The number of nitrogens with zero attached hydrogens (tertiary/aromatic N) is 7. The molecule has 0 aliphatic rings. The number of pyridine rings is 1. The van der Waals surface area contributed by atoms with Crippen LogP contribution in [0.3, 0.4) is 0 Å². The largest absolute Gasteiger partial charge is 0.339 e. The van der Waals surface area contributed by atoms with Gasteiger partial charge in [0.15, 0.2) is 0 Å².